The summed E-state index contributed by atoms with van der Waals surface area (Å²) in [5, 5.41) is 2.84. The maximum atomic E-state index is 12.5. The van der Waals surface area contributed by atoms with Crippen molar-refractivity contribution in [2.75, 3.05) is 30.4 Å². The van der Waals surface area contributed by atoms with Crippen molar-refractivity contribution in [1.82, 2.24) is 4.98 Å². The lowest BCUT2D eigenvalue weighted by Crippen LogP contribution is -2.26. The molecule has 0 saturated carbocycles. The van der Waals surface area contributed by atoms with Gasteiger partial charge >= 0.3 is 5.97 Å². The number of rotatable bonds is 8. The molecule has 0 aliphatic rings. The minimum atomic E-state index is -0.409. The van der Waals surface area contributed by atoms with E-state index in [2.05, 4.69) is 33.8 Å². The molecule has 0 saturated heterocycles. The first kappa shape index (κ1) is 19.4. The van der Waals surface area contributed by atoms with Crippen molar-refractivity contribution in [2.45, 2.75) is 26.7 Å². The number of ether oxygens (including phenoxy) is 1. The summed E-state index contributed by atoms with van der Waals surface area (Å²) in [6.45, 7) is 6.05. The maximum absolute atomic E-state index is 12.5. The number of carbonyl (C=O) groups excluding carboxylic acids is 2. The molecule has 0 atom stereocenters. The molecule has 0 bridgehead atoms. The number of amides is 1. The summed E-state index contributed by atoms with van der Waals surface area (Å²) in [5.74, 6) is 0.184. The average molecular weight is 355 g/mol. The molecule has 1 aromatic carbocycles. The van der Waals surface area contributed by atoms with Gasteiger partial charge in [0.25, 0.3) is 5.91 Å². The van der Waals surface area contributed by atoms with Crippen molar-refractivity contribution in [3.8, 4) is 0 Å². The highest BCUT2D eigenvalue weighted by Gasteiger charge is 2.12. The zero-order chi connectivity index (χ0) is 18.9. The van der Waals surface area contributed by atoms with E-state index < -0.39 is 5.97 Å². The normalized spacial score (nSPS) is 10.3. The van der Waals surface area contributed by atoms with Crippen molar-refractivity contribution >= 4 is 23.4 Å². The van der Waals surface area contributed by atoms with E-state index in [0.29, 0.717) is 16.8 Å². The van der Waals surface area contributed by atoms with Crippen molar-refractivity contribution in [3.05, 3.63) is 53.7 Å². The summed E-state index contributed by atoms with van der Waals surface area (Å²) < 4.78 is 4.66. The predicted octanol–water partition coefficient (Wildman–Crippen LogP) is 3.75. The number of anilines is 2. The minimum absolute atomic E-state index is 0.215. The largest absolute Gasteiger partial charge is 0.465 e. The second kappa shape index (κ2) is 9.56. The number of hydrogen-bond donors (Lipinski definition) is 1. The van der Waals surface area contributed by atoms with Gasteiger partial charge in [0.1, 0.15) is 5.82 Å². The molecule has 1 N–H and O–H groups in total. The number of carbonyl (C=O) groups is 2. The molecule has 2 aromatic rings. The Morgan fingerprint density at radius 3 is 2.27 bits per heavy atom. The minimum Gasteiger partial charge on any atom is -0.465 e. The third-order valence-corrected chi connectivity index (χ3v) is 3.88. The van der Waals surface area contributed by atoms with Gasteiger partial charge < -0.3 is 15.0 Å². The quantitative estimate of drug-likeness (QED) is 0.730. The third kappa shape index (κ3) is 5.05. The number of benzene rings is 1. The van der Waals surface area contributed by atoms with Crippen LogP contribution in [0.25, 0.3) is 0 Å². The van der Waals surface area contributed by atoms with Gasteiger partial charge in [0.15, 0.2) is 0 Å². The van der Waals surface area contributed by atoms with E-state index in [1.165, 1.54) is 7.11 Å². The summed E-state index contributed by atoms with van der Waals surface area (Å²) in [5.41, 5.74) is 1.59. The van der Waals surface area contributed by atoms with Crippen LogP contribution < -0.4 is 10.2 Å². The standard InChI is InChI=1S/C20H25N3O3/c1-4-12-23(13-5-2)18-14-16(10-11-21-18)19(24)22-17-8-6-15(7-9-17)20(25)26-3/h6-11,14H,4-5,12-13H2,1-3H3,(H,22,24). The maximum Gasteiger partial charge on any atom is 0.337 e. The molecule has 0 radical (unpaired) electrons. The summed E-state index contributed by atoms with van der Waals surface area (Å²) in [6.07, 6.45) is 3.69. The van der Waals surface area contributed by atoms with Crippen LogP contribution in [0.1, 0.15) is 47.4 Å². The Labute approximate surface area is 154 Å². The molecular formula is C20H25N3O3. The van der Waals surface area contributed by atoms with Gasteiger partial charge in [-0.1, -0.05) is 13.8 Å². The summed E-state index contributed by atoms with van der Waals surface area (Å²) in [7, 11) is 1.33. The Hall–Kier alpha value is -2.89. The highest BCUT2D eigenvalue weighted by atomic mass is 16.5. The summed E-state index contributed by atoms with van der Waals surface area (Å²) in [6, 6.07) is 10.1. The van der Waals surface area contributed by atoms with Crippen LogP contribution in [-0.4, -0.2) is 37.1 Å². The Bertz CT molecular complexity index is 738. The van der Waals surface area contributed by atoms with Crippen LogP contribution in [0.5, 0.6) is 0 Å². The Morgan fingerprint density at radius 1 is 1.04 bits per heavy atom. The number of hydrogen-bond acceptors (Lipinski definition) is 5. The first-order chi connectivity index (χ1) is 12.6. The SMILES string of the molecule is CCCN(CCC)c1cc(C(=O)Nc2ccc(C(=O)OC)cc2)ccn1. The van der Waals surface area contributed by atoms with Gasteiger partial charge in [-0.05, 0) is 49.2 Å². The highest BCUT2D eigenvalue weighted by molar-refractivity contribution is 6.04. The first-order valence-electron chi connectivity index (χ1n) is 8.79. The fourth-order valence-corrected chi connectivity index (χ4v) is 2.62. The van der Waals surface area contributed by atoms with Crippen LogP contribution in [0.3, 0.4) is 0 Å². The molecule has 0 unspecified atom stereocenters. The van der Waals surface area contributed by atoms with E-state index in [-0.39, 0.29) is 5.91 Å². The Balaban J connectivity index is 2.12. The predicted molar refractivity (Wildman–Crippen MR) is 103 cm³/mol. The number of esters is 1. The molecule has 1 amide bonds. The monoisotopic (exact) mass is 355 g/mol. The second-order valence-electron chi connectivity index (χ2n) is 5.91. The van der Waals surface area contributed by atoms with E-state index in [1.807, 2.05) is 6.07 Å². The van der Waals surface area contributed by atoms with Crippen LogP contribution >= 0.6 is 0 Å². The zero-order valence-electron chi connectivity index (χ0n) is 15.5. The van der Waals surface area contributed by atoms with E-state index in [4.69, 9.17) is 0 Å². The molecule has 1 heterocycles. The number of aromatic nitrogens is 1. The molecule has 6 heteroatoms. The van der Waals surface area contributed by atoms with Gasteiger partial charge in [0, 0.05) is 30.5 Å². The van der Waals surface area contributed by atoms with Crippen LogP contribution in [0.4, 0.5) is 11.5 Å². The van der Waals surface area contributed by atoms with Gasteiger partial charge in [0.2, 0.25) is 0 Å². The van der Waals surface area contributed by atoms with Crippen LogP contribution in [0, 0.1) is 0 Å². The molecule has 138 valence electrons. The summed E-state index contributed by atoms with van der Waals surface area (Å²) >= 11 is 0. The molecule has 0 aliphatic carbocycles. The number of nitrogens with zero attached hydrogens (tertiary/aromatic N) is 2. The topological polar surface area (TPSA) is 71.5 Å². The van der Waals surface area contributed by atoms with Gasteiger partial charge in [-0.15, -0.1) is 0 Å². The lowest BCUT2D eigenvalue weighted by Gasteiger charge is -2.22. The first-order valence-corrected chi connectivity index (χ1v) is 8.79. The Kier molecular flexibility index (Phi) is 7.14. The smallest absolute Gasteiger partial charge is 0.337 e. The number of nitrogens with one attached hydrogen (secondary N) is 1. The molecule has 2 rings (SSSR count). The molecule has 6 nitrogen and oxygen atoms in total. The van der Waals surface area contributed by atoms with Crippen molar-refractivity contribution < 1.29 is 14.3 Å². The fraction of sp³-hybridized carbons (Fsp3) is 0.350. The second-order valence-corrected chi connectivity index (χ2v) is 5.91. The van der Waals surface area contributed by atoms with Crippen LogP contribution in [-0.2, 0) is 4.74 Å². The zero-order valence-corrected chi connectivity index (χ0v) is 15.5. The van der Waals surface area contributed by atoms with E-state index >= 15 is 0 Å². The van der Waals surface area contributed by atoms with Gasteiger partial charge in [-0.3, -0.25) is 4.79 Å². The number of methoxy groups -OCH3 is 1. The Morgan fingerprint density at radius 2 is 1.69 bits per heavy atom. The van der Waals surface area contributed by atoms with Gasteiger partial charge in [0.05, 0.1) is 12.7 Å². The van der Waals surface area contributed by atoms with Crippen molar-refractivity contribution in [2.24, 2.45) is 0 Å². The molecule has 0 fully saturated rings. The molecule has 0 aliphatic heterocycles. The van der Waals surface area contributed by atoms with E-state index in [1.54, 1.807) is 36.5 Å². The molecule has 1 aromatic heterocycles. The van der Waals surface area contributed by atoms with E-state index in [0.717, 1.165) is 31.7 Å². The van der Waals surface area contributed by atoms with Crippen LogP contribution in [0.15, 0.2) is 42.6 Å². The summed E-state index contributed by atoms with van der Waals surface area (Å²) in [4.78, 5) is 30.6. The van der Waals surface area contributed by atoms with Gasteiger partial charge in [-0.25, -0.2) is 9.78 Å². The number of pyridine rings is 1. The lowest BCUT2D eigenvalue weighted by molar-refractivity contribution is 0.0600. The van der Waals surface area contributed by atoms with E-state index in [9.17, 15) is 9.59 Å². The lowest BCUT2D eigenvalue weighted by atomic mass is 10.2. The highest BCUT2D eigenvalue weighted by Crippen LogP contribution is 2.16. The average Bonchev–Trinajstić information content (AvgIpc) is 2.68. The fourth-order valence-electron chi connectivity index (χ4n) is 2.62. The molecule has 0 spiro atoms. The third-order valence-electron chi connectivity index (χ3n) is 3.88. The van der Waals surface area contributed by atoms with Crippen molar-refractivity contribution in [3.63, 3.8) is 0 Å². The van der Waals surface area contributed by atoms with Crippen LogP contribution in [0.2, 0.25) is 0 Å². The van der Waals surface area contributed by atoms with Crippen molar-refractivity contribution in [1.29, 1.82) is 0 Å². The molecular weight excluding hydrogens is 330 g/mol. The van der Waals surface area contributed by atoms with Gasteiger partial charge in [-0.2, -0.15) is 0 Å². The molecule has 26 heavy (non-hydrogen) atoms.